The number of hydrogen-bond acceptors (Lipinski definition) is 3. The third kappa shape index (κ3) is 5.29. The number of rotatable bonds is 8. The maximum atomic E-state index is 12.7. The molecule has 1 saturated heterocycles. The van der Waals surface area contributed by atoms with Crippen molar-refractivity contribution >= 4 is 17.7 Å². The van der Waals surface area contributed by atoms with Gasteiger partial charge in [-0.3, -0.25) is 19.3 Å². The van der Waals surface area contributed by atoms with Gasteiger partial charge in [-0.15, -0.1) is 0 Å². The van der Waals surface area contributed by atoms with Gasteiger partial charge in [-0.1, -0.05) is 48.0 Å². The molecule has 0 aromatic carbocycles. The molecule has 1 aliphatic rings. The van der Waals surface area contributed by atoms with Crippen LogP contribution in [0.25, 0.3) is 0 Å². The van der Waals surface area contributed by atoms with E-state index in [0.717, 1.165) is 12.8 Å². The van der Waals surface area contributed by atoms with Crippen LogP contribution in [0.15, 0.2) is 0 Å². The summed E-state index contributed by atoms with van der Waals surface area (Å²) in [5.41, 5.74) is -1.29. The van der Waals surface area contributed by atoms with E-state index in [2.05, 4.69) is 26.1 Å². The summed E-state index contributed by atoms with van der Waals surface area (Å²) in [6.07, 6.45) is 2.83. The van der Waals surface area contributed by atoms with Crippen LogP contribution < -0.4 is 5.32 Å². The molecule has 25 heavy (non-hydrogen) atoms. The highest BCUT2D eigenvalue weighted by Crippen LogP contribution is 2.36. The summed E-state index contributed by atoms with van der Waals surface area (Å²) in [4.78, 5) is 38.7. The molecule has 1 heterocycles. The van der Waals surface area contributed by atoms with E-state index in [0.29, 0.717) is 13.0 Å². The topological polar surface area (TPSA) is 66.5 Å². The lowest BCUT2D eigenvalue weighted by molar-refractivity contribution is -0.148. The molecule has 0 radical (unpaired) electrons. The lowest BCUT2D eigenvalue weighted by Crippen LogP contribution is -2.52. The fourth-order valence-corrected chi connectivity index (χ4v) is 3.98. The minimum Gasteiger partial charge on any atom is -0.355 e. The van der Waals surface area contributed by atoms with Gasteiger partial charge in [-0.25, -0.2) is 0 Å². The Kier molecular flexibility index (Phi) is 6.47. The molecule has 3 amide bonds. The molecule has 0 spiro atoms. The summed E-state index contributed by atoms with van der Waals surface area (Å²) >= 11 is 0. The number of hydrogen-bond donors (Lipinski definition) is 1. The molecule has 1 aliphatic heterocycles. The Hall–Kier alpha value is -1.39. The van der Waals surface area contributed by atoms with Gasteiger partial charge in [-0.05, 0) is 32.1 Å². The Morgan fingerprint density at radius 1 is 1.16 bits per heavy atom. The second kappa shape index (κ2) is 7.46. The summed E-state index contributed by atoms with van der Waals surface area (Å²) in [5, 5.41) is 3.07. The van der Waals surface area contributed by atoms with Crippen molar-refractivity contribution in [3.8, 4) is 0 Å². The van der Waals surface area contributed by atoms with Crippen molar-refractivity contribution in [2.75, 3.05) is 6.54 Å². The van der Waals surface area contributed by atoms with E-state index in [4.69, 9.17) is 0 Å². The number of likely N-dealkylation sites (tertiary alicyclic amines) is 1. The number of amides is 3. The monoisotopic (exact) mass is 352 g/mol. The highest BCUT2D eigenvalue weighted by Gasteiger charge is 2.47. The average Bonchev–Trinajstić information content (AvgIpc) is 2.68. The molecule has 144 valence electrons. The van der Waals surface area contributed by atoms with Crippen LogP contribution >= 0.6 is 0 Å². The predicted octanol–water partition coefficient (Wildman–Crippen LogP) is 3.52. The normalized spacial score (nSPS) is 19.5. The molecule has 1 fully saturated rings. The van der Waals surface area contributed by atoms with Gasteiger partial charge < -0.3 is 5.32 Å². The molecule has 1 N–H and O–H groups in total. The van der Waals surface area contributed by atoms with Gasteiger partial charge in [0.25, 0.3) is 0 Å². The van der Waals surface area contributed by atoms with Crippen LogP contribution in [0.2, 0.25) is 0 Å². The number of nitrogens with one attached hydrogen (secondary N) is 1. The SMILES string of the molecule is CCCC(C)(C)CNC(=O)C(C)(C)CC(C)(C)N1C(=O)CC(C)C1=O. The van der Waals surface area contributed by atoms with E-state index in [1.807, 2.05) is 27.7 Å². The largest absolute Gasteiger partial charge is 0.355 e. The first-order chi connectivity index (χ1) is 11.2. The predicted molar refractivity (Wildman–Crippen MR) is 99.8 cm³/mol. The van der Waals surface area contributed by atoms with Crippen molar-refractivity contribution < 1.29 is 14.4 Å². The van der Waals surface area contributed by atoms with Crippen LogP contribution in [0.4, 0.5) is 0 Å². The Morgan fingerprint density at radius 2 is 1.72 bits per heavy atom. The molecule has 1 atom stereocenters. The lowest BCUT2D eigenvalue weighted by Gasteiger charge is -2.40. The maximum absolute atomic E-state index is 12.7. The molecule has 1 unspecified atom stereocenters. The van der Waals surface area contributed by atoms with Crippen LogP contribution in [0.5, 0.6) is 0 Å². The van der Waals surface area contributed by atoms with Gasteiger partial charge in [0.15, 0.2) is 0 Å². The molecule has 1 rings (SSSR count). The number of imide groups is 1. The Labute approximate surface area is 152 Å². The Bertz CT molecular complexity index is 535. The van der Waals surface area contributed by atoms with Gasteiger partial charge in [0.1, 0.15) is 0 Å². The summed E-state index contributed by atoms with van der Waals surface area (Å²) in [6.45, 7) is 16.4. The van der Waals surface area contributed by atoms with Crippen molar-refractivity contribution in [2.24, 2.45) is 16.7 Å². The van der Waals surface area contributed by atoms with Gasteiger partial charge in [0.05, 0.1) is 0 Å². The highest BCUT2D eigenvalue weighted by atomic mass is 16.2. The molecule has 0 aliphatic carbocycles. The summed E-state index contributed by atoms with van der Waals surface area (Å²) in [5.74, 6) is -0.562. The zero-order chi connectivity index (χ0) is 19.6. The van der Waals surface area contributed by atoms with E-state index < -0.39 is 11.0 Å². The van der Waals surface area contributed by atoms with Crippen LogP contribution in [-0.4, -0.2) is 34.7 Å². The standard InChI is InChI=1S/C20H36N2O3/c1-9-10-18(3,4)13-21-17(25)19(5,6)12-20(7,8)22-15(23)11-14(2)16(22)24/h14H,9-13H2,1-8H3,(H,21,25). The maximum Gasteiger partial charge on any atom is 0.233 e. The molecule has 0 saturated carbocycles. The summed E-state index contributed by atoms with van der Waals surface area (Å²) in [6, 6.07) is 0. The van der Waals surface area contributed by atoms with Crippen LogP contribution in [-0.2, 0) is 14.4 Å². The van der Waals surface area contributed by atoms with E-state index in [1.165, 1.54) is 4.90 Å². The Morgan fingerprint density at radius 3 is 2.16 bits per heavy atom. The minimum atomic E-state index is -0.682. The number of carbonyl (C=O) groups excluding carboxylic acids is 3. The third-order valence-electron chi connectivity index (χ3n) is 5.12. The number of carbonyl (C=O) groups is 3. The zero-order valence-corrected chi connectivity index (χ0v) is 17.3. The second-order valence-corrected chi connectivity index (χ2v) is 9.64. The number of nitrogens with zero attached hydrogens (tertiary/aromatic N) is 1. The minimum absolute atomic E-state index is 0.0307. The lowest BCUT2D eigenvalue weighted by atomic mass is 9.78. The van der Waals surface area contributed by atoms with Gasteiger partial charge in [0.2, 0.25) is 17.7 Å². The van der Waals surface area contributed by atoms with Crippen molar-refractivity contribution in [1.29, 1.82) is 0 Å². The van der Waals surface area contributed by atoms with E-state index >= 15 is 0 Å². The molecular formula is C20H36N2O3. The molecule has 0 bridgehead atoms. The van der Waals surface area contributed by atoms with Gasteiger partial charge in [-0.2, -0.15) is 0 Å². The van der Waals surface area contributed by atoms with Crippen LogP contribution in [0, 0.1) is 16.7 Å². The van der Waals surface area contributed by atoms with E-state index in [-0.39, 0.29) is 35.5 Å². The molecule has 5 heteroatoms. The first-order valence-electron chi connectivity index (χ1n) is 9.39. The van der Waals surface area contributed by atoms with Crippen molar-refractivity contribution in [3.05, 3.63) is 0 Å². The fraction of sp³-hybridized carbons (Fsp3) is 0.850. The van der Waals surface area contributed by atoms with Crippen molar-refractivity contribution in [1.82, 2.24) is 10.2 Å². The molecule has 0 aromatic rings. The fourth-order valence-electron chi connectivity index (χ4n) is 3.98. The molecule has 5 nitrogen and oxygen atoms in total. The molecule has 0 aromatic heterocycles. The third-order valence-corrected chi connectivity index (χ3v) is 5.12. The first kappa shape index (κ1) is 21.7. The smallest absolute Gasteiger partial charge is 0.233 e. The zero-order valence-electron chi connectivity index (χ0n) is 17.3. The second-order valence-electron chi connectivity index (χ2n) is 9.64. The molecular weight excluding hydrogens is 316 g/mol. The van der Waals surface area contributed by atoms with Gasteiger partial charge in [0, 0.05) is 29.8 Å². The highest BCUT2D eigenvalue weighted by molar-refractivity contribution is 6.04. The summed E-state index contributed by atoms with van der Waals surface area (Å²) < 4.78 is 0. The van der Waals surface area contributed by atoms with Crippen molar-refractivity contribution in [2.45, 2.75) is 86.6 Å². The van der Waals surface area contributed by atoms with Crippen LogP contribution in [0.1, 0.15) is 81.1 Å². The van der Waals surface area contributed by atoms with Crippen LogP contribution in [0.3, 0.4) is 0 Å². The van der Waals surface area contributed by atoms with Crippen molar-refractivity contribution in [3.63, 3.8) is 0 Å². The van der Waals surface area contributed by atoms with Gasteiger partial charge >= 0.3 is 0 Å². The average molecular weight is 353 g/mol. The Balaban J connectivity index is 2.79. The summed E-state index contributed by atoms with van der Waals surface area (Å²) in [7, 11) is 0. The van der Waals surface area contributed by atoms with E-state index in [1.54, 1.807) is 6.92 Å². The quantitative estimate of drug-likeness (QED) is 0.680. The first-order valence-corrected chi connectivity index (χ1v) is 9.39. The van der Waals surface area contributed by atoms with E-state index in [9.17, 15) is 14.4 Å².